The average molecular weight is 303 g/mol. The Morgan fingerprint density at radius 3 is 3.19 bits per heavy atom. The van der Waals surface area contributed by atoms with Crippen molar-refractivity contribution in [1.82, 2.24) is 4.90 Å². The van der Waals surface area contributed by atoms with Crippen LogP contribution in [0.25, 0.3) is 0 Å². The smallest absolute Gasteiger partial charge is 0.230 e. The molecule has 0 bridgehead atoms. The van der Waals surface area contributed by atoms with Crippen molar-refractivity contribution in [3.63, 3.8) is 0 Å². The van der Waals surface area contributed by atoms with E-state index >= 15 is 0 Å². The number of thioether (sulfide) groups is 1. The number of nitrogens with one attached hydrogen (secondary N) is 1. The van der Waals surface area contributed by atoms with Crippen LogP contribution in [0.4, 0.5) is 5.69 Å². The van der Waals surface area contributed by atoms with Crippen LogP contribution in [-0.4, -0.2) is 36.2 Å². The number of aryl methyl sites for hydroxylation is 1. The number of ether oxygens (including phenoxy) is 1. The van der Waals surface area contributed by atoms with Gasteiger partial charge in [-0.2, -0.15) is 0 Å². The summed E-state index contributed by atoms with van der Waals surface area (Å²) < 4.78 is 5.28. The molecule has 1 amide bonds. The van der Waals surface area contributed by atoms with Crippen molar-refractivity contribution in [1.29, 1.82) is 0 Å². The molecule has 2 aliphatic rings. The van der Waals surface area contributed by atoms with Crippen LogP contribution in [0.3, 0.4) is 0 Å². The van der Waals surface area contributed by atoms with Gasteiger partial charge in [0.1, 0.15) is 5.75 Å². The second-order valence-electron chi connectivity index (χ2n) is 4.97. The lowest BCUT2D eigenvalue weighted by Gasteiger charge is -2.16. The van der Waals surface area contributed by atoms with Gasteiger partial charge in [-0.3, -0.25) is 9.79 Å². The number of carbonyl (C=O) groups is 1. The fourth-order valence-corrected chi connectivity index (χ4v) is 3.35. The summed E-state index contributed by atoms with van der Waals surface area (Å²) in [5, 5.41) is 5.94. The zero-order valence-electron chi connectivity index (χ0n) is 12.0. The van der Waals surface area contributed by atoms with Gasteiger partial charge < -0.3 is 15.0 Å². The minimum Gasteiger partial charge on any atom is -0.495 e. The summed E-state index contributed by atoms with van der Waals surface area (Å²) in [4.78, 5) is 18.7. The molecule has 0 radical (unpaired) electrons. The molecule has 110 valence electrons. The fraction of sp³-hybridized carbons (Fsp3) is 0.333. The van der Waals surface area contributed by atoms with E-state index in [1.54, 1.807) is 18.9 Å². The van der Waals surface area contributed by atoms with Gasteiger partial charge in [-0.15, -0.1) is 0 Å². The quantitative estimate of drug-likeness (QED) is 0.929. The van der Waals surface area contributed by atoms with Crippen LogP contribution < -0.4 is 10.1 Å². The maximum atomic E-state index is 12.3. The first-order chi connectivity index (χ1) is 10.2. The van der Waals surface area contributed by atoms with E-state index in [1.807, 2.05) is 30.5 Å². The van der Waals surface area contributed by atoms with Crippen LogP contribution in [0.15, 0.2) is 34.3 Å². The average Bonchev–Trinajstić information content (AvgIpc) is 3.04. The van der Waals surface area contributed by atoms with Gasteiger partial charge in [0, 0.05) is 12.2 Å². The van der Waals surface area contributed by atoms with Crippen LogP contribution in [0.1, 0.15) is 12.0 Å². The topological polar surface area (TPSA) is 53.9 Å². The monoisotopic (exact) mass is 303 g/mol. The number of amidine groups is 1. The first-order valence-electron chi connectivity index (χ1n) is 6.79. The van der Waals surface area contributed by atoms with Gasteiger partial charge in [0.25, 0.3) is 0 Å². The third kappa shape index (κ3) is 2.90. The number of benzene rings is 1. The lowest BCUT2D eigenvalue weighted by atomic mass is 10.2. The van der Waals surface area contributed by atoms with Crippen LogP contribution in [0, 0.1) is 6.92 Å². The molecule has 3 rings (SSSR count). The molecular formula is C15H17N3O2S. The van der Waals surface area contributed by atoms with E-state index in [9.17, 15) is 4.79 Å². The molecule has 0 atom stereocenters. The fourth-order valence-electron chi connectivity index (χ4n) is 2.39. The van der Waals surface area contributed by atoms with Crippen LogP contribution in [0.5, 0.6) is 5.75 Å². The Morgan fingerprint density at radius 2 is 2.38 bits per heavy atom. The molecule has 0 aromatic heterocycles. The third-order valence-corrected chi connectivity index (χ3v) is 4.37. The molecule has 0 spiro atoms. The number of carbonyl (C=O) groups excluding carboxylic acids is 1. The molecule has 6 heteroatoms. The van der Waals surface area contributed by atoms with Crippen molar-refractivity contribution in [3.05, 3.63) is 34.9 Å². The van der Waals surface area contributed by atoms with E-state index in [2.05, 4.69) is 15.2 Å². The molecule has 5 nitrogen and oxygen atoms in total. The Hall–Kier alpha value is -1.95. The molecule has 0 saturated carbocycles. The summed E-state index contributed by atoms with van der Waals surface area (Å²) in [6.45, 7) is 3.67. The summed E-state index contributed by atoms with van der Waals surface area (Å²) in [6, 6.07) is 5.73. The highest BCUT2D eigenvalue weighted by Gasteiger charge is 2.27. The van der Waals surface area contributed by atoms with E-state index in [1.165, 1.54) is 0 Å². The summed E-state index contributed by atoms with van der Waals surface area (Å²) in [6.07, 6.45) is 0.350. The predicted molar refractivity (Wildman–Crippen MR) is 85.7 cm³/mol. The Morgan fingerprint density at radius 1 is 1.52 bits per heavy atom. The number of methoxy groups -OCH3 is 1. The number of anilines is 1. The molecule has 0 saturated heterocycles. The van der Waals surface area contributed by atoms with Gasteiger partial charge in [-0.05, 0) is 30.0 Å². The largest absolute Gasteiger partial charge is 0.495 e. The van der Waals surface area contributed by atoms with Crippen molar-refractivity contribution in [2.24, 2.45) is 4.99 Å². The number of amides is 1. The first-order valence-corrected chi connectivity index (χ1v) is 7.67. The van der Waals surface area contributed by atoms with Crippen molar-refractivity contribution in [2.45, 2.75) is 13.3 Å². The zero-order chi connectivity index (χ0) is 14.8. The minimum absolute atomic E-state index is 0.0427. The van der Waals surface area contributed by atoms with E-state index in [-0.39, 0.29) is 5.91 Å². The normalized spacial score (nSPS) is 16.4. The Kier molecular flexibility index (Phi) is 3.88. The highest BCUT2D eigenvalue weighted by molar-refractivity contribution is 8.16. The SMILES string of the molecule is COc1ccc(C)cc1NC(=O)CC1=CSC2=NCCN12. The number of aliphatic imine (C=N–C) groups is 1. The van der Waals surface area contributed by atoms with Gasteiger partial charge >= 0.3 is 0 Å². The van der Waals surface area contributed by atoms with Crippen molar-refractivity contribution in [3.8, 4) is 5.75 Å². The standard InChI is InChI=1S/C15H17N3O2S/c1-10-3-4-13(20-2)12(7-10)17-14(19)8-11-9-21-15-16-5-6-18(11)15/h3-4,7,9H,5-6,8H2,1-2H3,(H,17,19). The van der Waals surface area contributed by atoms with Crippen LogP contribution in [0.2, 0.25) is 0 Å². The van der Waals surface area contributed by atoms with Gasteiger partial charge in [-0.25, -0.2) is 0 Å². The van der Waals surface area contributed by atoms with Gasteiger partial charge in [0.2, 0.25) is 5.91 Å². The molecule has 2 heterocycles. The van der Waals surface area contributed by atoms with E-state index in [0.29, 0.717) is 17.9 Å². The molecular weight excluding hydrogens is 286 g/mol. The number of fused-ring (bicyclic) bond motifs is 1. The van der Waals surface area contributed by atoms with Gasteiger partial charge in [-0.1, -0.05) is 17.8 Å². The third-order valence-electron chi connectivity index (χ3n) is 3.42. The maximum absolute atomic E-state index is 12.3. The van der Waals surface area contributed by atoms with E-state index < -0.39 is 0 Å². The van der Waals surface area contributed by atoms with Crippen LogP contribution in [-0.2, 0) is 4.79 Å². The summed E-state index contributed by atoms with van der Waals surface area (Å²) in [5.74, 6) is 0.631. The molecule has 21 heavy (non-hydrogen) atoms. The predicted octanol–water partition coefficient (Wildman–Crippen LogP) is 2.59. The number of hydrogen-bond acceptors (Lipinski definition) is 5. The second-order valence-corrected chi connectivity index (χ2v) is 5.81. The van der Waals surface area contributed by atoms with E-state index in [0.717, 1.165) is 29.5 Å². The molecule has 1 aromatic rings. The molecule has 0 aliphatic carbocycles. The summed E-state index contributed by atoms with van der Waals surface area (Å²) >= 11 is 1.59. The van der Waals surface area contributed by atoms with Gasteiger partial charge in [0.15, 0.2) is 5.17 Å². The second kappa shape index (κ2) is 5.81. The minimum atomic E-state index is -0.0427. The summed E-state index contributed by atoms with van der Waals surface area (Å²) in [5.41, 5.74) is 2.81. The highest BCUT2D eigenvalue weighted by Crippen LogP contribution is 2.31. The van der Waals surface area contributed by atoms with Gasteiger partial charge in [0.05, 0.1) is 25.8 Å². The maximum Gasteiger partial charge on any atom is 0.230 e. The van der Waals surface area contributed by atoms with Crippen molar-refractivity contribution >= 4 is 28.5 Å². The van der Waals surface area contributed by atoms with Crippen molar-refractivity contribution in [2.75, 3.05) is 25.5 Å². The molecule has 0 unspecified atom stereocenters. The lowest BCUT2D eigenvalue weighted by Crippen LogP contribution is -2.24. The molecule has 1 N–H and O–H groups in total. The lowest BCUT2D eigenvalue weighted by molar-refractivity contribution is -0.115. The number of hydrogen-bond donors (Lipinski definition) is 1. The summed E-state index contributed by atoms with van der Waals surface area (Å²) in [7, 11) is 1.60. The Balaban J connectivity index is 1.67. The van der Waals surface area contributed by atoms with Crippen LogP contribution >= 0.6 is 11.8 Å². The first kappa shape index (κ1) is 14.0. The molecule has 1 aromatic carbocycles. The number of rotatable bonds is 4. The Bertz CT molecular complexity index is 640. The molecule has 0 fully saturated rings. The Labute approximate surface area is 128 Å². The highest BCUT2D eigenvalue weighted by atomic mass is 32.2. The number of nitrogens with zero attached hydrogens (tertiary/aromatic N) is 2. The molecule has 2 aliphatic heterocycles. The van der Waals surface area contributed by atoms with E-state index in [4.69, 9.17) is 4.74 Å². The van der Waals surface area contributed by atoms with Crippen molar-refractivity contribution < 1.29 is 9.53 Å². The zero-order valence-corrected chi connectivity index (χ0v) is 12.9.